The van der Waals surface area contributed by atoms with Crippen molar-refractivity contribution in [2.75, 3.05) is 19.6 Å². The van der Waals surface area contributed by atoms with Crippen LogP contribution in [0.2, 0.25) is 5.02 Å². The fourth-order valence-corrected chi connectivity index (χ4v) is 2.79. The van der Waals surface area contributed by atoms with Crippen LogP contribution < -0.4 is 5.32 Å². The molecule has 0 aliphatic carbocycles. The van der Waals surface area contributed by atoms with Gasteiger partial charge in [-0.15, -0.1) is 0 Å². The monoisotopic (exact) mass is 284 g/mol. The Bertz CT molecular complexity index is 405. The molecule has 1 aliphatic heterocycles. The van der Waals surface area contributed by atoms with E-state index in [0.717, 1.165) is 38.2 Å². The Labute approximate surface area is 119 Å². The van der Waals surface area contributed by atoms with Gasteiger partial charge in [-0.1, -0.05) is 24.6 Å². The average Bonchev–Trinajstić information content (AvgIpc) is 2.87. The molecule has 1 aliphatic rings. The lowest BCUT2D eigenvalue weighted by Gasteiger charge is -2.25. The molecule has 0 radical (unpaired) electrons. The molecule has 0 saturated carbocycles. The zero-order valence-electron chi connectivity index (χ0n) is 11.5. The predicted molar refractivity (Wildman–Crippen MR) is 78.0 cm³/mol. The highest BCUT2D eigenvalue weighted by Gasteiger charge is 2.17. The van der Waals surface area contributed by atoms with Crippen molar-refractivity contribution in [3.8, 4) is 0 Å². The van der Waals surface area contributed by atoms with Gasteiger partial charge in [0.15, 0.2) is 0 Å². The van der Waals surface area contributed by atoms with E-state index in [1.54, 1.807) is 12.1 Å². The maximum absolute atomic E-state index is 13.5. The van der Waals surface area contributed by atoms with Crippen molar-refractivity contribution in [1.82, 2.24) is 10.2 Å². The second kappa shape index (κ2) is 7.22. The summed E-state index contributed by atoms with van der Waals surface area (Å²) in [6.07, 6.45) is 3.62. The van der Waals surface area contributed by atoms with Gasteiger partial charge in [0.25, 0.3) is 0 Å². The van der Waals surface area contributed by atoms with E-state index in [2.05, 4.69) is 17.1 Å². The molecule has 1 aromatic carbocycles. The molecule has 1 fully saturated rings. The summed E-state index contributed by atoms with van der Waals surface area (Å²) in [5, 5.41) is 3.71. The fourth-order valence-electron chi connectivity index (χ4n) is 2.67. The van der Waals surface area contributed by atoms with Gasteiger partial charge >= 0.3 is 0 Å². The van der Waals surface area contributed by atoms with Crippen LogP contribution in [0.5, 0.6) is 0 Å². The number of nitrogens with one attached hydrogen (secondary N) is 1. The van der Waals surface area contributed by atoms with Gasteiger partial charge in [-0.25, -0.2) is 4.39 Å². The summed E-state index contributed by atoms with van der Waals surface area (Å²) in [5.74, 6) is -0.324. The van der Waals surface area contributed by atoms with Crippen LogP contribution in [0.15, 0.2) is 18.2 Å². The van der Waals surface area contributed by atoms with Gasteiger partial charge in [0, 0.05) is 19.1 Å². The average molecular weight is 285 g/mol. The minimum atomic E-state index is -0.324. The van der Waals surface area contributed by atoms with Crippen LogP contribution in [-0.2, 0) is 6.54 Å². The van der Waals surface area contributed by atoms with Crippen LogP contribution in [-0.4, -0.2) is 30.6 Å². The number of rotatable bonds is 6. The second-order valence-electron chi connectivity index (χ2n) is 5.28. The van der Waals surface area contributed by atoms with Crippen molar-refractivity contribution >= 4 is 11.6 Å². The third-order valence-electron chi connectivity index (χ3n) is 3.57. The molecular weight excluding hydrogens is 263 g/mol. The Hall–Kier alpha value is -0.640. The third-order valence-corrected chi connectivity index (χ3v) is 3.88. The molecule has 2 rings (SSSR count). The van der Waals surface area contributed by atoms with Crippen molar-refractivity contribution in [2.24, 2.45) is 0 Å². The molecule has 0 aromatic heterocycles. The van der Waals surface area contributed by atoms with E-state index in [1.165, 1.54) is 12.8 Å². The van der Waals surface area contributed by atoms with E-state index in [9.17, 15) is 4.39 Å². The molecule has 106 valence electrons. The molecule has 19 heavy (non-hydrogen) atoms. The van der Waals surface area contributed by atoms with Gasteiger partial charge in [-0.2, -0.15) is 0 Å². The van der Waals surface area contributed by atoms with Gasteiger partial charge in [0.1, 0.15) is 5.82 Å². The minimum absolute atomic E-state index is 0.197. The largest absolute Gasteiger partial charge is 0.313 e. The van der Waals surface area contributed by atoms with Crippen LogP contribution in [0.4, 0.5) is 4.39 Å². The van der Waals surface area contributed by atoms with Crippen molar-refractivity contribution < 1.29 is 4.39 Å². The van der Waals surface area contributed by atoms with E-state index < -0.39 is 0 Å². The Morgan fingerprint density at radius 1 is 1.47 bits per heavy atom. The molecule has 0 bridgehead atoms. The van der Waals surface area contributed by atoms with E-state index in [-0.39, 0.29) is 10.8 Å². The first-order valence-electron chi connectivity index (χ1n) is 7.08. The van der Waals surface area contributed by atoms with Gasteiger partial charge in [-0.05, 0) is 50.0 Å². The first-order valence-corrected chi connectivity index (χ1v) is 7.46. The molecule has 1 saturated heterocycles. The summed E-state index contributed by atoms with van der Waals surface area (Å²) in [7, 11) is 0. The number of halogens is 2. The lowest BCUT2D eigenvalue weighted by atomic mass is 10.1. The smallest absolute Gasteiger partial charge is 0.142 e. The normalized spacial score (nSPS) is 19.3. The Morgan fingerprint density at radius 2 is 2.32 bits per heavy atom. The van der Waals surface area contributed by atoms with Crippen LogP contribution >= 0.6 is 11.6 Å². The van der Waals surface area contributed by atoms with E-state index in [0.29, 0.717) is 6.04 Å². The summed E-state index contributed by atoms with van der Waals surface area (Å²) in [5.41, 5.74) is 0.994. The quantitative estimate of drug-likeness (QED) is 0.861. The molecule has 2 nitrogen and oxygen atoms in total. The Morgan fingerprint density at radius 3 is 2.95 bits per heavy atom. The van der Waals surface area contributed by atoms with Crippen LogP contribution in [0, 0.1) is 5.82 Å². The molecular formula is C15H22ClFN2. The van der Waals surface area contributed by atoms with E-state index in [4.69, 9.17) is 11.6 Å². The zero-order chi connectivity index (χ0) is 13.7. The topological polar surface area (TPSA) is 15.3 Å². The SMILES string of the molecule is CCCN(Cc1ccc(Cl)c(F)c1)CC1CCCN1. The fraction of sp³-hybridized carbons (Fsp3) is 0.600. The zero-order valence-corrected chi connectivity index (χ0v) is 12.2. The molecule has 1 atom stereocenters. The van der Waals surface area contributed by atoms with Crippen molar-refractivity contribution in [3.63, 3.8) is 0 Å². The third kappa shape index (κ3) is 4.44. The highest BCUT2D eigenvalue weighted by molar-refractivity contribution is 6.30. The Kier molecular flexibility index (Phi) is 5.61. The molecule has 1 aromatic rings. The summed E-state index contributed by atoms with van der Waals surface area (Å²) < 4.78 is 13.5. The number of hydrogen-bond acceptors (Lipinski definition) is 2. The first-order chi connectivity index (χ1) is 9.19. The molecule has 1 N–H and O–H groups in total. The lowest BCUT2D eigenvalue weighted by molar-refractivity contribution is 0.241. The Balaban J connectivity index is 1.96. The van der Waals surface area contributed by atoms with Crippen molar-refractivity contribution in [2.45, 2.75) is 38.8 Å². The van der Waals surface area contributed by atoms with E-state index >= 15 is 0 Å². The number of benzene rings is 1. The molecule has 1 heterocycles. The van der Waals surface area contributed by atoms with Crippen molar-refractivity contribution in [3.05, 3.63) is 34.6 Å². The number of hydrogen-bond donors (Lipinski definition) is 1. The predicted octanol–water partition coefficient (Wildman–Crippen LogP) is 3.44. The van der Waals surface area contributed by atoms with Crippen LogP contribution in [0.25, 0.3) is 0 Å². The molecule has 4 heteroatoms. The summed E-state index contributed by atoms with van der Waals surface area (Å²) in [6, 6.07) is 5.69. The standard InChI is InChI=1S/C15H22ClFN2/c1-2-8-19(11-13-4-3-7-18-13)10-12-5-6-14(16)15(17)9-12/h5-6,9,13,18H,2-4,7-8,10-11H2,1H3. The van der Waals surface area contributed by atoms with Gasteiger partial charge in [0.05, 0.1) is 5.02 Å². The number of nitrogens with zero attached hydrogens (tertiary/aromatic N) is 1. The van der Waals surface area contributed by atoms with E-state index in [1.807, 2.05) is 6.07 Å². The molecule has 0 spiro atoms. The van der Waals surface area contributed by atoms with Gasteiger partial charge in [-0.3, -0.25) is 4.90 Å². The van der Waals surface area contributed by atoms with Gasteiger partial charge in [0.2, 0.25) is 0 Å². The maximum atomic E-state index is 13.5. The summed E-state index contributed by atoms with van der Waals surface area (Å²) in [4.78, 5) is 2.39. The van der Waals surface area contributed by atoms with Crippen molar-refractivity contribution in [1.29, 1.82) is 0 Å². The highest BCUT2D eigenvalue weighted by atomic mass is 35.5. The van der Waals surface area contributed by atoms with Gasteiger partial charge < -0.3 is 5.32 Å². The first kappa shape index (κ1) is 14.8. The molecule has 0 amide bonds. The molecule has 1 unspecified atom stereocenters. The summed E-state index contributed by atoms with van der Waals surface area (Å²) in [6.45, 7) is 6.18. The second-order valence-corrected chi connectivity index (χ2v) is 5.68. The maximum Gasteiger partial charge on any atom is 0.142 e. The highest BCUT2D eigenvalue weighted by Crippen LogP contribution is 2.17. The minimum Gasteiger partial charge on any atom is -0.313 e. The summed E-state index contributed by atoms with van der Waals surface area (Å²) >= 11 is 5.72. The van der Waals surface area contributed by atoms with Crippen LogP contribution in [0.3, 0.4) is 0 Å². The lowest BCUT2D eigenvalue weighted by Crippen LogP contribution is -2.37. The van der Waals surface area contributed by atoms with Crippen LogP contribution in [0.1, 0.15) is 31.7 Å².